The number of carbonyl (C=O) groups is 2. The quantitative estimate of drug-likeness (QED) is 0.511. The summed E-state index contributed by atoms with van der Waals surface area (Å²) < 4.78 is 0. The number of rotatable bonds is 2. The summed E-state index contributed by atoms with van der Waals surface area (Å²) in [5.41, 5.74) is 6.15. The van der Waals surface area contributed by atoms with Crippen LogP contribution in [0.4, 0.5) is 5.69 Å². The first kappa shape index (κ1) is 11.9. The van der Waals surface area contributed by atoms with Crippen molar-refractivity contribution >= 4 is 39.4 Å². The number of nitrogen functional groups attached to an aromatic ring is 1. The van der Waals surface area contributed by atoms with Gasteiger partial charge in [0.2, 0.25) is 0 Å². The maximum absolute atomic E-state index is 11.2. The molecule has 0 amide bonds. The van der Waals surface area contributed by atoms with E-state index in [1.165, 1.54) is 0 Å². The third-order valence-corrected chi connectivity index (χ3v) is 2.95. The molecule has 0 aliphatic rings. The number of hydrogen-bond acceptors (Lipinski definition) is 5. The van der Waals surface area contributed by atoms with E-state index in [2.05, 4.69) is 15.2 Å². The lowest BCUT2D eigenvalue weighted by atomic mass is 10.1. The minimum absolute atomic E-state index is 0.116. The molecule has 0 spiro atoms. The second-order valence-corrected chi connectivity index (χ2v) is 4.19. The van der Waals surface area contributed by atoms with Gasteiger partial charge < -0.3 is 20.9 Å². The Morgan fingerprint density at radius 3 is 2.40 bits per heavy atom. The molecule has 3 rings (SSSR count). The highest BCUT2D eigenvalue weighted by atomic mass is 16.4. The number of hydrogen-bond donors (Lipinski definition) is 4. The van der Waals surface area contributed by atoms with Crippen molar-refractivity contribution in [2.24, 2.45) is 0 Å². The van der Waals surface area contributed by atoms with Crippen molar-refractivity contribution in [3.05, 3.63) is 29.6 Å². The van der Waals surface area contributed by atoms with Gasteiger partial charge in [-0.2, -0.15) is 0 Å². The predicted octanol–water partition coefficient (Wildman–Crippen LogP) is 1.09. The monoisotopic (exact) mass is 272 g/mol. The molecule has 0 saturated heterocycles. The molecule has 0 bridgehead atoms. The Bertz CT molecular complexity index is 884. The standard InChI is InChI=1S/C12H8N4O4/c13-4-1-2-6-5(3-4)7-8(14-6)10(12(19)20)16-15-9(7)11(17)18/h1-3,14H,13H2,(H,17,18)(H,19,20). The zero-order valence-corrected chi connectivity index (χ0v) is 9.91. The molecule has 20 heavy (non-hydrogen) atoms. The summed E-state index contributed by atoms with van der Waals surface area (Å²) in [4.78, 5) is 25.2. The van der Waals surface area contributed by atoms with E-state index in [0.717, 1.165) is 0 Å². The number of H-pyrrole nitrogens is 1. The fourth-order valence-corrected chi connectivity index (χ4v) is 2.13. The third kappa shape index (κ3) is 1.55. The highest BCUT2D eigenvalue weighted by Gasteiger charge is 2.22. The molecule has 0 radical (unpaired) electrons. The number of anilines is 1. The molecular weight excluding hydrogens is 264 g/mol. The zero-order chi connectivity index (χ0) is 14.4. The van der Waals surface area contributed by atoms with Crippen LogP contribution in [0.15, 0.2) is 18.2 Å². The molecule has 0 saturated carbocycles. The SMILES string of the molecule is Nc1ccc2[nH]c3c(C(=O)O)nnc(C(=O)O)c3c2c1. The average Bonchev–Trinajstić information content (AvgIpc) is 2.75. The molecule has 0 fully saturated rings. The number of nitrogens with one attached hydrogen (secondary N) is 1. The van der Waals surface area contributed by atoms with Crippen LogP contribution in [-0.4, -0.2) is 37.3 Å². The summed E-state index contributed by atoms with van der Waals surface area (Å²) in [6.45, 7) is 0. The van der Waals surface area contributed by atoms with E-state index in [9.17, 15) is 9.59 Å². The molecular formula is C12H8N4O4. The smallest absolute Gasteiger partial charge is 0.358 e. The number of carboxylic acid groups (broad SMARTS) is 2. The number of aromatic amines is 1. The number of carboxylic acids is 2. The highest BCUT2D eigenvalue weighted by Crippen LogP contribution is 2.30. The Hall–Kier alpha value is -3.16. The number of aromatic nitrogens is 3. The number of nitrogens with zero attached hydrogens (tertiary/aromatic N) is 2. The summed E-state index contributed by atoms with van der Waals surface area (Å²) in [6, 6.07) is 4.83. The molecule has 2 aromatic heterocycles. The lowest BCUT2D eigenvalue weighted by molar-refractivity contribution is 0.0672. The molecule has 2 heterocycles. The average molecular weight is 272 g/mol. The van der Waals surface area contributed by atoms with Gasteiger partial charge in [0.25, 0.3) is 0 Å². The van der Waals surface area contributed by atoms with E-state index in [0.29, 0.717) is 16.6 Å². The van der Waals surface area contributed by atoms with Gasteiger partial charge in [0, 0.05) is 22.0 Å². The fraction of sp³-hybridized carbons (Fsp3) is 0. The first-order chi connectivity index (χ1) is 9.49. The van der Waals surface area contributed by atoms with E-state index in [-0.39, 0.29) is 22.3 Å². The lowest BCUT2D eigenvalue weighted by Crippen LogP contribution is -2.09. The molecule has 0 aliphatic heterocycles. The van der Waals surface area contributed by atoms with Gasteiger partial charge in [-0.1, -0.05) is 0 Å². The Morgan fingerprint density at radius 1 is 1.10 bits per heavy atom. The van der Waals surface area contributed by atoms with Gasteiger partial charge in [-0.3, -0.25) is 0 Å². The second kappa shape index (κ2) is 3.92. The van der Waals surface area contributed by atoms with E-state index in [1.54, 1.807) is 18.2 Å². The van der Waals surface area contributed by atoms with Crippen LogP contribution >= 0.6 is 0 Å². The van der Waals surface area contributed by atoms with Crippen LogP contribution in [-0.2, 0) is 0 Å². The van der Waals surface area contributed by atoms with Crippen LogP contribution in [0.5, 0.6) is 0 Å². The van der Waals surface area contributed by atoms with Gasteiger partial charge in [0.15, 0.2) is 11.4 Å². The normalized spacial score (nSPS) is 11.0. The first-order valence-corrected chi connectivity index (χ1v) is 5.53. The molecule has 3 aromatic rings. The third-order valence-electron chi connectivity index (χ3n) is 2.95. The molecule has 8 nitrogen and oxygen atoms in total. The van der Waals surface area contributed by atoms with Crippen LogP contribution in [0.1, 0.15) is 21.0 Å². The molecule has 1 aromatic carbocycles. The van der Waals surface area contributed by atoms with Crippen molar-refractivity contribution in [2.75, 3.05) is 5.73 Å². The van der Waals surface area contributed by atoms with Crippen molar-refractivity contribution in [1.29, 1.82) is 0 Å². The lowest BCUT2D eigenvalue weighted by Gasteiger charge is -1.99. The van der Waals surface area contributed by atoms with Crippen LogP contribution in [0.3, 0.4) is 0 Å². The maximum Gasteiger partial charge on any atom is 0.358 e. The number of fused-ring (bicyclic) bond motifs is 3. The summed E-state index contributed by atoms with van der Waals surface area (Å²) in [7, 11) is 0. The van der Waals surface area contributed by atoms with Gasteiger partial charge in [-0.15, -0.1) is 10.2 Å². The van der Waals surface area contributed by atoms with Gasteiger partial charge in [-0.05, 0) is 18.2 Å². The molecule has 0 atom stereocenters. The van der Waals surface area contributed by atoms with Crippen LogP contribution in [0.2, 0.25) is 0 Å². The Morgan fingerprint density at radius 2 is 1.75 bits per heavy atom. The number of nitrogens with two attached hydrogens (primary N) is 1. The van der Waals surface area contributed by atoms with E-state index < -0.39 is 11.9 Å². The molecule has 0 aliphatic carbocycles. The van der Waals surface area contributed by atoms with E-state index in [1.807, 2.05) is 0 Å². The van der Waals surface area contributed by atoms with Gasteiger partial charge in [0.1, 0.15) is 0 Å². The molecule has 5 N–H and O–H groups in total. The molecule has 0 unspecified atom stereocenters. The Balaban J connectivity index is 2.58. The summed E-state index contributed by atoms with van der Waals surface area (Å²) in [5, 5.41) is 25.9. The number of aromatic carboxylic acids is 2. The van der Waals surface area contributed by atoms with E-state index in [4.69, 9.17) is 15.9 Å². The summed E-state index contributed by atoms with van der Waals surface area (Å²) in [5.74, 6) is -2.58. The van der Waals surface area contributed by atoms with Gasteiger partial charge in [0.05, 0.1) is 5.52 Å². The van der Waals surface area contributed by atoms with Gasteiger partial charge in [-0.25, -0.2) is 9.59 Å². The Kier molecular flexibility index (Phi) is 2.33. The highest BCUT2D eigenvalue weighted by molar-refractivity contribution is 6.18. The minimum Gasteiger partial charge on any atom is -0.476 e. The van der Waals surface area contributed by atoms with Crippen molar-refractivity contribution in [1.82, 2.24) is 15.2 Å². The largest absolute Gasteiger partial charge is 0.476 e. The number of benzene rings is 1. The fourth-order valence-electron chi connectivity index (χ4n) is 2.13. The van der Waals surface area contributed by atoms with Crippen molar-refractivity contribution in [2.45, 2.75) is 0 Å². The second-order valence-electron chi connectivity index (χ2n) is 4.19. The van der Waals surface area contributed by atoms with Crippen molar-refractivity contribution in [3.8, 4) is 0 Å². The zero-order valence-electron chi connectivity index (χ0n) is 9.91. The predicted molar refractivity (Wildman–Crippen MR) is 69.7 cm³/mol. The Labute approximate surface area is 110 Å². The van der Waals surface area contributed by atoms with Crippen LogP contribution < -0.4 is 5.73 Å². The van der Waals surface area contributed by atoms with Crippen LogP contribution in [0.25, 0.3) is 21.8 Å². The summed E-state index contributed by atoms with van der Waals surface area (Å²) >= 11 is 0. The van der Waals surface area contributed by atoms with Crippen LogP contribution in [0, 0.1) is 0 Å². The summed E-state index contributed by atoms with van der Waals surface area (Å²) in [6.07, 6.45) is 0. The molecule has 8 heteroatoms. The van der Waals surface area contributed by atoms with Gasteiger partial charge >= 0.3 is 11.9 Å². The maximum atomic E-state index is 11.2. The van der Waals surface area contributed by atoms with Crippen molar-refractivity contribution < 1.29 is 19.8 Å². The minimum atomic E-state index is -1.29. The first-order valence-electron chi connectivity index (χ1n) is 5.53. The topological polar surface area (TPSA) is 142 Å². The molecule has 100 valence electrons. The van der Waals surface area contributed by atoms with E-state index >= 15 is 0 Å². The van der Waals surface area contributed by atoms with Crippen molar-refractivity contribution in [3.63, 3.8) is 0 Å².